The first-order chi connectivity index (χ1) is 8.16. The summed E-state index contributed by atoms with van der Waals surface area (Å²) in [4.78, 5) is 1.13. The number of rotatable bonds is 4. The number of hydrogen-bond donors (Lipinski definition) is 1. The van der Waals surface area contributed by atoms with E-state index in [9.17, 15) is 0 Å². The van der Waals surface area contributed by atoms with Crippen molar-refractivity contribution < 1.29 is 4.74 Å². The predicted molar refractivity (Wildman–Crippen MR) is 72.8 cm³/mol. The van der Waals surface area contributed by atoms with E-state index >= 15 is 0 Å². The second kappa shape index (κ2) is 5.54. The molecule has 2 atom stereocenters. The third kappa shape index (κ3) is 3.22. The molecular weight excluding hydrogens is 254 g/mol. The van der Waals surface area contributed by atoms with E-state index in [1.165, 1.54) is 0 Å². The minimum Gasteiger partial charge on any atom is -0.483 e. The minimum absolute atomic E-state index is 0.0654. The standard InChI is InChI=1S/C13H14ClNOS/c1-9(15)13(12-3-2-8-17-12)16-11-6-4-10(14)5-7-11/h2-9,13H,15H2,1H3. The smallest absolute Gasteiger partial charge is 0.148 e. The van der Waals surface area contributed by atoms with Crippen LogP contribution in [-0.4, -0.2) is 6.04 Å². The topological polar surface area (TPSA) is 35.2 Å². The number of hydrogen-bond acceptors (Lipinski definition) is 3. The molecule has 2 unspecified atom stereocenters. The van der Waals surface area contributed by atoms with Gasteiger partial charge in [0.2, 0.25) is 0 Å². The lowest BCUT2D eigenvalue weighted by Crippen LogP contribution is -2.28. The quantitative estimate of drug-likeness (QED) is 0.913. The first-order valence-corrected chi connectivity index (χ1v) is 6.64. The van der Waals surface area contributed by atoms with Gasteiger partial charge in [-0.15, -0.1) is 11.3 Å². The summed E-state index contributed by atoms with van der Waals surface area (Å²) in [6.07, 6.45) is -0.115. The Morgan fingerprint density at radius 2 is 1.94 bits per heavy atom. The van der Waals surface area contributed by atoms with Crippen molar-refractivity contribution in [1.29, 1.82) is 0 Å². The summed E-state index contributed by atoms with van der Waals surface area (Å²) in [6, 6.07) is 11.3. The molecule has 2 aromatic rings. The lowest BCUT2D eigenvalue weighted by Gasteiger charge is -2.21. The van der Waals surface area contributed by atoms with Gasteiger partial charge >= 0.3 is 0 Å². The van der Waals surface area contributed by atoms with E-state index in [1.807, 2.05) is 48.7 Å². The zero-order valence-corrected chi connectivity index (χ0v) is 11.0. The maximum atomic E-state index is 5.96. The summed E-state index contributed by atoms with van der Waals surface area (Å²) in [6.45, 7) is 1.94. The highest BCUT2D eigenvalue weighted by molar-refractivity contribution is 7.10. The number of halogens is 1. The van der Waals surface area contributed by atoms with Gasteiger partial charge in [-0.25, -0.2) is 0 Å². The van der Waals surface area contributed by atoms with Crippen LogP contribution in [0.4, 0.5) is 0 Å². The molecule has 0 fully saturated rings. The molecule has 2 rings (SSSR count). The van der Waals surface area contributed by atoms with Crippen molar-refractivity contribution in [2.24, 2.45) is 5.73 Å². The molecule has 17 heavy (non-hydrogen) atoms. The normalized spacial score (nSPS) is 14.3. The van der Waals surface area contributed by atoms with Crippen molar-refractivity contribution in [2.75, 3.05) is 0 Å². The van der Waals surface area contributed by atoms with E-state index in [0.29, 0.717) is 5.02 Å². The molecule has 2 nitrogen and oxygen atoms in total. The van der Waals surface area contributed by atoms with E-state index in [-0.39, 0.29) is 12.1 Å². The molecule has 0 radical (unpaired) electrons. The van der Waals surface area contributed by atoms with Gasteiger partial charge in [0.15, 0.2) is 0 Å². The average Bonchev–Trinajstić information content (AvgIpc) is 2.81. The van der Waals surface area contributed by atoms with Gasteiger partial charge in [0.1, 0.15) is 11.9 Å². The maximum absolute atomic E-state index is 5.96. The van der Waals surface area contributed by atoms with Crippen LogP contribution < -0.4 is 10.5 Å². The third-order valence-corrected chi connectivity index (χ3v) is 3.56. The second-order valence-electron chi connectivity index (χ2n) is 3.87. The monoisotopic (exact) mass is 267 g/mol. The lowest BCUT2D eigenvalue weighted by molar-refractivity contribution is 0.184. The van der Waals surface area contributed by atoms with Crippen molar-refractivity contribution in [3.8, 4) is 5.75 Å². The maximum Gasteiger partial charge on any atom is 0.148 e. The van der Waals surface area contributed by atoms with E-state index in [1.54, 1.807) is 11.3 Å². The Hall–Kier alpha value is -1.03. The summed E-state index contributed by atoms with van der Waals surface area (Å²) in [5.74, 6) is 0.783. The highest BCUT2D eigenvalue weighted by atomic mass is 35.5. The highest BCUT2D eigenvalue weighted by Gasteiger charge is 2.19. The fourth-order valence-electron chi connectivity index (χ4n) is 1.54. The predicted octanol–water partition coefficient (Wildman–Crippen LogP) is 3.87. The Morgan fingerprint density at radius 1 is 1.24 bits per heavy atom. The first-order valence-electron chi connectivity index (χ1n) is 5.38. The van der Waals surface area contributed by atoms with Crippen molar-refractivity contribution in [2.45, 2.75) is 19.1 Å². The Morgan fingerprint density at radius 3 is 2.47 bits per heavy atom. The molecule has 0 spiro atoms. The van der Waals surface area contributed by atoms with Gasteiger partial charge in [0, 0.05) is 15.9 Å². The molecule has 0 aliphatic heterocycles. The second-order valence-corrected chi connectivity index (χ2v) is 5.28. The molecule has 2 N–H and O–H groups in total. The van der Waals surface area contributed by atoms with Gasteiger partial charge in [-0.05, 0) is 42.6 Å². The molecular formula is C13H14ClNOS. The van der Waals surface area contributed by atoms with Crippen LogP contribution in [0.1, 0.15) is 17.9 Å². The molecule has 0 aliphatic rings. The van der Waals surface area contributed by atoms with Crippen LogP contribution >= 0.6 is 22.9 Å². The molecule has 0 amide bonds. The van der Waals surface area contributed by atoms with Gasteiger partial charge in [0.05, 0.1) is 0 Å². The summed E-state index contributed by atoms with van der Waals surface area (Å²) in [5, 5.41) is 2.72. The molecule has 4 heteroatoms. The zero-order chi connectivity index (χ0) is 12.3. The van der Waals surface area contributed by atoms with Crippen LogP contribution in [0.5, 0.6) is 5.75 Å². The van der Waals surface area contributed by atoms with Crippen molar-refractivity contribution >= 4 is 22.9 Å². The first kappa shape index (κ1) is 12.4. The largest absolute Gasteiger partial charge is 0.483 e. The molecule has 1 aromatic carbocycles. The van der Waals surface area contributed by atoms with Crippen molar-refractivity contribution in [3.05, 3.63) is 51.7 Å². The van der Waals surface area contributed by atoms with Crippen molar-refractivity contribution in [3.63, 3.8) is 0 Å². The molecule has 0 aliphatic carbocycles. The number of ether oxygens (including phenoxy) is 1. The Kier molecular flexibility index (Phi) is 4.05. The van der Waals surface area contributed by atoms with E-state index in [0.717, 1.165) is 10.6 Å². The van der Waals surface area contributed by atoms with Crippen LogP contribution in [-0.2, 0) is 0 Å². The molecule has 1 heterocycles. The zero-order valence-electron chi connectivity index (χ0n) is 9.47. The van der Waals surface area contributed by atoms with Crippen molar-refractivity contribution in [1.82, 2.24) is 0 Å². The third-order valence-electron chi connectivity index (χ3n) is 2.38. The van der Waals surface area contributed by atoms with E-state index in [4.69, 9.17) is 22.1 Å². The fraction of sp³-hybridized carbons (Fsp3) is 0.231. The summed E-state index contributed by atoms with van der Waals surface area (Å²) in [5.41, 5.74) is 5.96. The highest BCUT2D eigenvalue weighted by Crippen LogP contribution is 2.28. The average molecular weight is 268 g/mol. The van der Waals surface area contributed by atoms with Gasteiger partial charge in [-0.1, -0.05) is 17.7 Å². The molecule has 0 saturated heterocycles. The van der Waals surface area contributed by atoms with E-state index in [2.05, 4.69) is 0 Å². The number of nitrogens with two attached hydrogens (primary N) is 1. The van der Waals surface area contributed by atoms with E-state index < -0.39 is 0 Å². The lowest BCUT2D eigenvalue weighted by atomic mass is 10.1. The fourth-order valence-corrected chi connectivity index (χ4v) is 2.53. The van der Waals surface area contributed by atoms with Crippen LogP contribution in [0.3, 0.4) is 0 Å². The number of benzene rings is 1. The van der Waals surface area contributed by atoms with Gasteiger partial charge in [0.25, 0.3) is 0 Å². The summed E-state index contributed by atoms with van der Waals surface area (Å²) < 4.78 is 5.90. The molecule has 1 aromatic heterocycles. The van der Waals surface area contributed by atoms with Crippen LogP contribution in [0.15, 0.2) is 41.8 Å². The van der Waals surface area contributed by atoms with Crippen LogP contribution in [0, 0.1) is 0 Å². The Balaban J connectivity index is 2.16. The van der Waals surface area contributed by atoms with Gasteiger partial charge in [-0.3, -0.25) is 0 Å². The Labute approximate surface area is 110 Å². The van der Waals surface area contributed by atoms with Crippen LogP contribution in [0.25, 0.3) is 0 Å². The van der Waals surface area contributed by atoms with Crippen LogP contribution in [0.2, 0.25) is 5.02 Å². The summed E-state index contributed by atoms with van der Waals surface area (Å²) in [7, 11) is 0. The van der Waals surface area contributed by atoms with Gasteiger partial charge < -0.3 is 10.5 Å². The molecule has 0 saturated carbocycles. The van der Waals surface area contributed by atoms with Gasteiger partial charge in [-0.2, -0.15) is 0 Å². The SMILES string of the molecule is CC(N)C(Oc1ccc(Cl)cc1)c1cccs1. The minimum atomic E-state index is -0.115. The molecule has 0 bridgehead atoms. The Bertz CT molecular complexity index is 453. The summed E-state index contributed by atoms with van der Waals surface area (Å²) >= 11 is 7.48. The molecule has 90 valence electrons. The number of thiophene rings is 1.